The number of hydrogen-bond donors (Lipinski definition) is 1. The number of sulfonamides is 1. The first-order chi connectivity index (χ1) is 8.43. The summed E-state index contributed by atoms with van der Waals surface area (Å²) in [5, 5.41) is 3.09. The molecule has 1 fully saturated rings. The molecule has 8 heteroatoms. The van der Waals surface area contributed by atoms with Crippen molar-refractivity contribution in [1.29, 1.82) is 0 Å². The molecular formula is C11H15ClF2N2O2S. The first-order valence-electron chi connectivity index (χ1n) is 5.60. The van der Waals surface area contributed by atoms with Crippen molar-refractivity contribution in [1.82, 2.24) is 9.62 Å². The van der Waals surface area contributed by atoms with Gasteiger partial charge in [-0.2, -0.15) is 4.31 Å². The van der Waals surface area contributed by atoms with Crippen LogP contribution in [0.25, 0.3) is 0 Å². The molecule has 0 saturated carbocycles. The predicted octanol–water partition coefficient (Wildman–Crippen LogP) is 1.37. The number of piperazine rings is 1. The molecule has 0 spiro atoms. The van der Waals surface area contributed by atoms with Gasteiger partial charge in [0.25, 0.3) is 0 Å². The van der Waals surface area contributed by atoms with Gasteiger partial charge in [0.15, 0.2) is 11.6 Å². The smallest absolute Gasteiger partial charge is 0.246 e. The lowest BCUT2D eigenvalue weighted by Crippen LogP contribution is -2.51. The average Bonchev–Trinajstić information content (AvgIpc) is 2.32. The van der Waals surface area contributed by atoms with E-state index in [0.717, 1.165) is 12.1 Å². The topological polar surface area (TPSA) is 49.4 Å². The van der Waals surface area contributed by atoms with Gasteiger partial charge in [0.1, 0.15) is 4.90 Å². The number of halogens is 3. The molecule has 0 aromatic heterocycles. The van der Waals surface area contributed by atoms with Crippen molar-refractivity contribution in [2.45, 2.75) is 17.9 Å². The highest BCUT2D eigenvalue weighted by atomic mass is 35.5. The molecular weight excluding hydrogens is 298 g/mol. The van der Waals surface area contributed by atoms with Crippen LogP contribution in [0.3, 0.4) is 0 Å². The molecule has 1 aromatic carbocycles. The molecule has 4 nitrogen and oxygen atoms in total. The number of hydrogen-bond acceptors (Lipinski definition) is 3. The van der Waals surface area contributed by atoms with E-state index in [0.29, 0.717) is 6.54 Å². The second-order valence-electron chi connectivity index (χ2n) is 4.27. The summed E-state index contributed by atoms with van der Waals surface area (Å²) in [6.07, 6.45) is 0. The molecule has 1 atom stereocenters. The van der Waals surface area contributed by atoms with Crippen LogP contribution in [0.5, 0.6) is 0 Å². The normalized spacial score (nSPS) is 20.9. The highest BCUT2D eigenvalue weighted by Gasteiger charge is 2.31. The summed E-state index contributed by atoms with van der Waals surface area (Å²) in [5.74, 6) is -2.47. The van der Waals surface area contributed by atoms with Crippen LogP contribution >= 0.6 is 12.4 Å². The summed E-state index contributed by atoms with van der Waals surface area (Å²) in [6, 6.07) is 3.16. The van der Waals surface area contributed by atoms with E-state index < -0.39 is 26.6 Å². The van der Waals surface area contributed by atoms with Crippen LogP contribution in [0.1, 0.15) is 6.92 Å². The van der Waals surface area contributed by atoms with Gasteiger partial charge >= 0.3 is 0 Å². The Balaban J connectivity index is 0.00000180. The molecule has 2 rings (SSSR count). The van der Waals surface area contributed by atoms with Crippen LogP contribution in [0, 0.1) is 11.6 Å². The fraction of sp³-hybridized carbons (Fsp3) is 0.455. The molecule has 19 heavy (non-hydrogen) atoms. The van der Waals surface area contributed by atoms with E-state index in [4.69, 9.17) is 0 Å². The number of rotatable bonds is 2. The minimum atomic E-state index is -3.97. The van der Waals surface area contributed by atoms with E-state index in [1.54, 1.807) is 0 Å². The van der Waals surface area contributed by atoms with Crippen LogP contribution < -0.4 is 5.32 Å². The maximum Gasteiger partial charge on any atom is 0.246 e. The molecule has 0 radical (unpaired) electrons. The predicted molar refractivity (Wildman–Crippen MR) is 69.8 cm³/mol. The summed E-state index contributed by atoms with van der Waals surface area (Å²) < 4.78 is 52.2. The Labute approximate surface area is 117 Å². The Morgan fingerprint density at radius 2 is 2.05 bits per heavy atom. The van der Waals surface area contributed by atoms with Crippen molar-refractivity contribution < 1.29 is 17.2 Å². The zero-order chi connectivity index (χ0) is 13.3. The zero-order valence-corrected chi connectivity index (χ0v) is 11.9. The van der Waals surface area contributed by atoms with Crippen LogP contribution in [0.2, 0.25) is 0 Å². The van der Waals surface area contributed by atoms with E-state index >= 15 is 0 Å². The van der Waals surface area contributed by atoms with Crippen molar-refractivity contribution in [3.63, 3.8) is 0 Å². The van der Waals surface area contributed by atoms with Gasteiger partial charge in [-0.1, -0.05) is 6.07 Å². The highest BCUT2D eigenvalue weighted by molar-refractivity contribution is 7.89. The Morgan fingerprint density at radius 1 is 1.37 bits per heavy atom. The van der Waals surface area contributed by atoms with E-state index in [9.17, 15) is 17.2 Å². The van der Waals surface area contributed by atoms with Crippen molar-refractivity contribution in [2.75, 3.05) is 19.6 Å². The van der Waals surface area contributed by atoms with Gasteiger partial charge in [0, 0.05) is 25.7 Å². The SMILES string of the molecule is CC1CN(S(=O)(=O)c2cccc(F)c2F)CCN1.Cl. The molecule has 1 unspecified atom stereocenters. The monoisotopic (exact) mass is 312 g/mol. The first kappa shape index (κ1) is 16.3. The van der Waals surface area contributed by atoms with E-state index in [2.05, 4.69) is 5.32 Å². The fourth-order valence-electron chi connectivity index (χ4n) is 1.94. The molecule has 1 heterocycles. The molecule has 108 valence electrons. The lowest BCUT2D eigenvalue weighted by Gasteiger charge is -2.31. The molecule has 1 aliphatic heterocycles. The van der Waals surface area contributed by atoms with Crippen LogP contribution in [-0.2, 0) is 10.0 Å². The third-order valence-electron chi connectivity index (χ3n) is 2.87. The lowest BCUT2D eigenvalue weighted by molar-refractivity contribution is 0.308. The van der Waals surface area contributed by atoms with E-state index in [1.165, 1.54) is 10.4 Å². The van der Waals surface area contributed by atoms with E-state index in [1.807, 2.05) is 6.92 Å². The van der Waals surface area contributed by atoms with Crippen molar-refractivity contribution in [3.8, 4) is 0 Å². The van der Waals surface area contributed by atoms with Gasteiger partial charge in [-0.3, -0.25) is 0 Å². The Hall–Kier alpha value is -0.760. The average molecular weight is 313 g/mol. The van der Waals surface area contributed by atoms with Gasteiger partial charge < -0.3 is 5.32 Å². The van der Waals surface area contributed by atoms with Gasteiger partial charge in [0.2, 0.25) is 10.0 Å². The molecule has 1 aliphatic rings. The fourth-order valence-corrected chi connectivity index (χ4v) is 3.54. The van der Waals surface area contributed by atoms with Gasteiger partial charge in [-0.25, -0.2) is 17.2 Å². The maximum absolute atomic E-state index is 13.6. The first-order valence-corrected chi connectivity index (χ1v) is 7.04. The van der Waals surface area contributed by atoms with Crippen molar-refractivity contribution in [2.24, 2.45) is 0 Å². The summed E-state index contributed by atoms with van der Waals surface area (Å²) in [5.41, 5.74) is 0. The van der Waals surface area contributed by atoms with Crippen molar-refractivity contribution in [3.05, 3.63) is 29.8 Å². The molecule has 1 saturated heterocycles. The Kier molecular flexibility index (Phi) is 5.26. The quantitative estimate of drug-likeness (QED) is 0.897. The number of nitrogens with zero attached hydrogens (tertiary/aromatic N) is 1. The maximum atomic E-state index is 13.6. The van der Waals surface area contributed by atoms with E-state index in [-0.39, 0.29) is 31.5 Å². The summed E-state index contributed by atoms with van der Waals surface area (Å²) in [6.45, 7) is 2.84. The number of benzene rings is 1. The summed E-state index contributed by atoms with van der Waals surface area (Å²) >= 11 is 0. The summed E-state index contributed by atoms with van der Waals surface area (Å²) in [4.78, 5) is -0.600. The molecule has 0 bridgehead atoms. The van der Waals surface area contributed by atoms with Crippen LogP contribution in [0.4, 0.5) is 8.78 Å². The van der Waals surface area contributed by atoms with Crippen LogP contribution in [0.15, 0.2) is 23.1 Å². The third kappa shape index (κ3) is 3.22. The van der Waals surface area contributed by atoms with Gasteiger partial charge in [0.05, 0.1) is 0 Å². The molecule has 0 aliphatic carbocycles. The molecule has 0 amide bonds. The highest BCUT2D eigenvalue weighted by Crippen LogP contribution is 2.21. The summed E-state index contributed by atoms with van der Waals surface area (Å²) in [7, 11) is -3.97. The Bertz CT molecular complexity index is 554. The van der Waals surface area contributed by atoms with Crippen LogP contribution in [-0.4, -0.2) is 38.4 Å². The molecule has 1 N–H and O–H groups in total. The second kappa shape index (κ2) is 6.13. The van der Waals surface area contributed by atoms with Crippen molar-refractivity contribution >= 4 is 22.4 Å². The largest absolute Gasteiger partial charge is 0.312 e. The third-order valence-corrected chi connectivity index (χ3v) is 4.75. The van der Waals surface area contributed by atoms with Gasteiger partial charge in [-0.05, 0) is 19.1 Å². The number of nitrogens with one attached hydrogen (secondary N) is 1. The Morgan fingerprint density at radius 3 is 2.68 bits per heavy atom. The van der Waals surface area contributed by atoms with Gasteiger partial charge in [-0.15, -0.1) is 12.4 Å². The molecule has 1 aromatic rings. The standard InChI is InChI=1S/C11H14F2N2O2S.ClH/c1-8-7-15(6-5-14-8)18(16,17)10-4-2-3-9(12)11(10)13;/h2-4,8,14H,5-7H2,1H3;1H. The minimum absolute atomic E-state index is 0. The second-order valence-corrected chi connectivity index (χ2v) is 6.18. The zero-order valence-electron chi connectivity index (χ0n) is 10.3. The lowest BCUT2D eigenvalue weighted by atomic mass is 10.3. The minimum Gasteiger partial charge on any atom is -0.312 e.